The van der Waals surface area contributed by atoms with Crippen molar-refractivity contribution in [2.24, 2.45) is 0 Å². The fraction of sp³-hybridized carbons (Fsp3) is 0.273. The van der Waals surface area contributed by atoms with Crippen LogP contribution in [0.15, 0.2) is 37.1 Å². The van der Waals surface area contributed by atoms with Gasteiger partial charge in [0.05, 0.1) is 23.9 Å². The molecule has 2 aromatic rings. The van der Waals surface area contributed by atoms with E-state index in [0.29, 0.717) is 5.88 Å². The molecule has 15 heavy (non-hydrogen) atoms. The Hall–Kier alpha value is -1.35. The maximum atomic E-state index is 5.83. The number of halogens is 1. The molecule has 4 heteroatoms. The van der Waals surface area contributed by atoms with E-state index in [4.69, 9.17) is 11.6 Å². The van der Waals surface area contributed by atoms with E-state index in [2.05, 4.69) is 27.5 Å². The lowest BCUT2D eigenvalue weighted by Crippen LogP contribution is -2.08. The molecule has 0 fully saturated rings. The number of hydrogen-bond donors (Lipinski definition) is 0. The van der Waals surface area contributed by atoms with Crippen molar-refractivity contribution in [3.05, 3.63) is 48.3 Å². The van der Waals surface area contributed by atoms with Crippen LogP contribution in [0.3, 0.4) is 0 Å². The van der Waals surface area contributed by atoms with Gasteiger partial charge in [-0.3, -0.25) is 4.98 Å². The quantitative estimate of drug-likeness (QED) is 0.746. The predicted octanol–water partition coefficient (Wildman–Crippen LogP) is 2.63. The van der Waals surface area contributed by atoms with E-state index < -0.39 is 0 Å². The lowest BCUT2D eigenvalue weighted by Gasteiger charge is -2.15. The van der Waals surface area contributed by atoms with Crippen LogP contribution >= 0.6 is 11.6 Å². The first-order chi connectivity index (χ1) is 7.33. The number of imidazole rings is 1. The topological polar surface area (TPSA) is 30.7 Å². The van der Waals surface area contributed by atoms with Crippen molar-refractivity contribution in [3.8, 4) is 0 Å². The molecule has 78 valence electrons. The number of hydrogen-bond acceptors (Lipinski definition) is 2. The molecule has 1 atom stereocenters. The van der Waals surface area contributed by atoms with Crippen molar-refractivity contribution < 1.29 is 0 Å². The van der Waals surface area contributed by atoms with Gasteiger partial charge in [-0.2, -0.15) is 0 Å². The van der Waals surface area contributed by atoms with E-state index in [-0.39, 0.29) is 6.04 Å². The van der Waals surface area contributed by atoms with Crippen LogP contribution in [0.4, 0.5) is 0 Å². The van der Waals surface area contributed by atoms with Gasteiger partial charge in [-0.25, -0.2) is 4.98 Å². The minimum absolute atomic E-state index is 0.218. The maximum Gasteiger partial charge on any atom is 0.0954 e. The molecule has 0 radical (unpaired) electrons. The Kier molecular flexibility index (Phi) is 3.02. The van der Waals surface area contributed by atoms with Gasteiger partial charge in [0.15, 0.2) is 0 Å². The molecule has 0 aliphatic heterocycles. The fourth-order valence-electron chi connectivity index (χ4n) is 1.57. The third-order valence-electron chi connectivity index (χ3n) is 2.47. The van der Waals surface area contributed by atoms with E-state index in [9.17, 15) is 0 Å². The van der Waals surface area contributed by atoms with Crippen molar-refractivity contribution in [1.29, 1.82) is 0 Å². The zero-order valence-electron chi connectivity index (χ0n) is 8.47. The summed E-state index contributed by atoms with van der Waals surface area (Å²) in [6, 6.07) is 4.20. The fourth-order valence-corrected chi connectivity index (χ4v) is 1.77. The zero-order chi connectivity index (χ0) is 10.7. The molecule has 0 amide bonds. The van der Waals surface area contributed by atoms with E-state index in [1.807, 2.05) is 12.3 Å². The Morgan fingerprint density at radius 2 is 2.27 bits per heavy atom. The van der Waals surface area contributed by atoms with Gasteiger partial charge < -0.3 is 4.57 Å². The van der Waals surface area contributed by atoms with Crippen molar-refractivity contribution in [1.82, 2.24) is 14.5 Å². The van der Waals surface area contributed by atoms with Crippen LogP contribution in [0, 0.1) is 0 Å². The monoisotopic (exact) mass is 221 g/mol. The predicted molar refractivity (Wildman–Crippen MR) is 59.8 cm³/mol. The minimum atomic E-state index is 0.218. The number of nitrogens with zero attached hydrogens (tertiary/aromatic N) is 3. The molecule has 0 aliphatic carbocycles. The van der Waals surface area contributed by atoms with Crippen molar-refractivity contribution in [3.63, 3.8) is 0 Å². The van der Waals surface area contributed by atoms with E-state index in [1.165, 1.54) is 0 Å². The second-order valence-corrected chi connectivity index (χ2v) is 3.66. The van der Waals surface area contributed by atoms with Gasteiger partial charge in [0, 0.05) is 18.6 Å². The Morgan fingerprint density at radius 1 is 1.40 bits per heavy atom. The van der Waals surface area contributed by atoms with Gasteiger partial charge in [-0.1, -0.05) is 6.07 Å². The largest absolute Gasteiger partial charge is 0.326 e. The number of alkyl halides is 1. The second-order valence-electron chi connectivity index (χ2n) is 3.39. The molecule has 2 heterocycles. The standard InChI is InChI=1S/C11H12ClN3/c1-9(10-3-2-4-13-6-10)15-8-14-7-11(15)5-12/h2-4,6-9H,5H2,1H3. The number of aromatic nitrogens is 3. The second kappa shape index (κ2) is 4.45. The summed E-state index contributed by atoms with van der Waals surface area (Å²) in [4.78, 5) is 8.20. The number of rotatable bonds is 3. The lowest BCUT2D eigenvalue weighted by atomic mass is 10.1. The molecule has 0 aliphatic rings. The molecule has 0 aromatic carbocycles. The normalized spacial score (nSPS) is 12.7. The van der Waals surface area contributed by atoms with Crippen LogP contribution in [0.25, 0.3) is 0 Å². The summed E-state index contributed by atoms with van der Waals surface area (Å²) in [5, 5.41) is 0. The average Bonchev–Trinajstić information content (AvgIpc) is 2.77. The summed E-state index contributed by atoms with van der Waals surface area (Å²) in [6.07, 6.45) is 7.23. The number of pyridine rings is 1. The summed E-state index contributed by atoms with van der Waals surface area (Å²) in [5.74, 6) is 0.477. The third kappa shape index (κ3) is 2.02. The first-order valence-corrected chi connectivity index (χ1v) is 5.33. The summed E-state index contributed by atoms with van der Waals surface area (Å²) in [7, 11) is 0. The highest BCUT2D eigenvalue weighted by molar-refractivity contribution is 6.16. The van der Waals surface area contributed by atoms with Crippen LogP contribution < -0.4 is 0 Å². The third-order valence-corrected chi connectivity index (χ3v) is 2.74. The summed E-state index contributed by atoms with van der Waals surface area (Å²) >= 11 is 5.83. The molecule has 0 spiro atoms. The summed E-state index contributed by atoms with van der Waals surface area (Å²) in [6.45, 7) is 2.11. The Balaban J connectivity index is 2.32. The highest BCUT2D eigenvalue weighted by Gasteiger charge is 2.10. The SMILES string of the molecule is CC(c1cccnc1)n1cncc1CCl. The first kappa shape index (κ1) is 10.2. The van der Waals surface area contributed by atoms with Gasteiger partial charge >= 0.3 is 0 Å². The van der Waals surface area contributed by atoms with Crippen LogP contribution in [-0.4, -0.2) is 14.5 Å². The maximum absolute atomic E-state index is 5.83. The van der Waals surface area contributed by atoms with Crippen molar-refractivity contribution in [2.45, 2.75) is 18.8 Å². The summed E-state index contributed by atoms with van der Waals surface area (Å²) in [5.41, 5.74) is 2.18. The van der Waals surface area contributed by atoms with E-state index in [0.717, 1.165) is 11.3 Å². The van der Waals surface area contributed by atoms with Gasteiger partial charge in [-0.05, 0) is 18.6 Å². The molecule has 0 N–H and O–H groups in total. The first-order valence-electron chi connectivity index (χ1n) is 4.79. The Labute approximate surface area is 93.7 Å². The average molecular weight is 222 g/mol. The van der Waals surface area contributed by atoms with E-state index in [1.54, 1.807) is 18.7 Å². The molecular formula is C11H12ClN3. The minimum Gasteiger partial charge on any atom is -0.326 e. The molecule has 2 rings (SSSR count). The molecule has 0 saturated carbocycles. The van der Waals surface area contributed by atoms with Gasteiger partial charge in [0.2, 0.25) is 0 Å². The Morgan fingerprint density at radius 3 is 2.93 bits per heavy atom. The van der Waals surface area contributed by atoms with Gasteiger partial charge in [-0.15, -0.1) is 11.6 Å². The summed E-state index contributed by atoms with van der Waals surface area (Å²) < 4.78 is 2.06. The zero-order valence-corrected chi connectivity index (χ0v) is 9.22. The molecule has 1 unspecified atom stereocenters. The highest BCUT2D eigenvalue weighted by atomic mass is 35.5. The van der Waals surface area contributed by atoms with Crippen LogP contribution in [-0.2, 0) is 5.88 Å². The van der Waals surface area contributed by atoms with E-state index >= 15 is 0 Å². The molecular weight excluding hydrogens is 210 g/mol. The lowest BCUT2D eigenvalue weighted by molar-refractivity contribution is 0.617. The van der Waals surface area contributed by atoms with Crippen LogP contribution in [0.2, 0.25) is 0 Å². The van der Waals surface area contributed by atoms with Gasteiger partial charge in [0.1, 0.15) is 0 Å². The molecule has 2 aromatic heterocycles. The highest BCUT2D eigenvalue weighted by Crippen LogP contribution is 2.19. The van der Waals surface area contributed by atoms with Crippen molar-refractivity contribution in [2.75, 3.05) is 0 Å². The molecule has 0 saturated heterocycles. The molecule has 0 bridgehead atoms. The Bertz CT molecular complexity index is 424. The smallest absolute Gasteiger partial charge is 0.0954 e. The van der Waals surface area contributed by atoms with Crippen molar-refractivity contribution >= 4 is 11.6 Å². The molecule has 3 nitrogen and oxygen atoms in total. The van der Waals surface area contributed by atoms with Crippen LogP contribution in [0.5, 0.6) is 0 Å². The van der Waals surface area contributed by atoms with Gasteiger partial charge in [0.25, 0.3) is 0 Å². The van der Waals surface area contributed by atoms with Crippen LogP contribution in [0.1, 0.15) is 24.2 Å².